The van der Waals surface area contributed by atoms with Crippen molar-refractivity contribution in [3.05, 3.63) is 35.7 Å². The minimum Gasteiger partial charge on any atom is -0.461 e. The van der Waals surface area contributed by atoms with E-state index in [0.717, 1.165) is 31.5 Å². The van der Waals surface area contributed by atoms with Crippen LogP contribution in [0.15, 0.2) is 24.4 Å². The Bertz CT molecular complexity index is 553. The summed E-state index contributed by atoms with van der Waals surface area (Å²) in [5.74, 6) is -0.183. The van der Waals surface area contributed by atoms with Gasteiger partial charge in [0.1, 0.15) is 6.10 Å². The van der Waals surface area contributed by atoms with Crippen molar-refractivity contribution in [2.75, 3.05) is 13.6 Å². The first kappa shape index (κ1) is 13.3. The molecule has 1 aromatic rings. The summed E-state index contributed by atoms with van der Waals surface area (Å²) >= 11 is 0. The van der Waals surface area contributed by atoms with Gasteiger partial charge in [-0.25, -0.2) is 0 Å². The number of ether oxygens (including phenoxy) is 1. The minimum absolute atomic E-state index is 0.0131. The Morgan fingerprint density at radius 3 is 3.20 bits per heavy atom. The molecule has 4 heteroatoms. The molecule has 2 heterocycles. The Morgan fingerprint density at radius 1 is 1.55 bits per heavy atom. The number of likely N-dealkylation sites (tertiary alicyclic amines) is 1. The number of aromatic nitrogens is 1. The van der Waals surface area contributed by atoms with Gasteiger partial charge >= 0.3 is 5.97 Å². The average molecular weight is 272 g/mol. The Kier molecular flexibility index (Phi) is 3.57. The molecule has 106 valence electrons. The fourth-order valence-electron chi connectivity index (χ4n) is 3.25. The first-order valence-corrected chi connectivity index (χ1v) is 7.16. The zero-order valence-electron chi connectivity index (χ0n) is 12.0. The highest BCUT2D eigenvalue weighted by Crippen LogP contribution is 2.33. The molecular formula is C16H20N2O2. The highest BCUT2D eigenvalue weighted by atomic mass is 16.5. The van der Waals surface area contributed by atoms with Crippen LogP contribution in [0.1, 0.15) is 31.0 Å². The van der Waals surface area contributed by atoms with Crippen molar-refractivity contribution in [1.82, 2.24) is 9.88 Å². The third-order valence-electron chi connectivity index (χ3n) is 4.29. The molecule has 1 aliphatic carbocycles. The van der Waals surface area contributed by atoms with E-state index in [4.69, 9.17) is 4.74 Å². The van der Waals surface area contributed by atoms with E-state index in [1.54, 1.807) is 0 Å². The second-order valence-corrected chi connectivity index (χ2v) is 5.62. The molecule has 1 aliphatic heterocycles. The Balaban J connectivity index is 1.75. The van der Waals surface area contributed by atoms with Crippen molar-refractivity contribution in [3.8, 4) is 0 Å². The SMILES string of the molecule is CC(=O)O[C@H]1CCN(C)[C@@H]1CC1=CCc2ncccc21. The normalized spacial score (nSPS) is 25.4. The summed E-state index contributed by atoms with van der Waals surface area (Å²) in [6.45, 7) is 2.47. The lowest BCUT2D eigenvalue weighted by atomic mass is 9.98. The van der Waals surface area contributed by atoms with Crippen LogP contribution in [-0.4, -0.2) is 41.6 Å². The van der Waals surface area contributed by atoms with Crippen LogP contribution in [0.25, 0.3) is 5.57 Å². The molecule has 0 saturated carbocycles. The van der Waals surface area contributed by atoms with Gasteiger partial charge in [-0.15, -0.1) is 0 Å². The number of fused-ring (bicyclic) bond motifs is 1. The number of pyridine rings is 1. The standard InChI is InChI=1S/C16H20N2O2/c1-11(19)20-16-7-9-18(2)15(16)10-12-5-6-14-13(12)4-3-8-17-14/h3-5,8,15-16H,6-7,9-10H2,1-2H3/t15-,16+/m1/s1. The number of hydrogen-bond donors (Lipinski definition) is 0. The molecule has 0 unspecified atom stereocenters. The molecular weight excluding hydrogens is 252 g/mol. The van der Waals surface area contributed by atoms with Gasteiger partial charge in [-0.2, -0.15) is 0 Å². The maximum atomic E-state index is 11.2. The molecule has 2 atom stereocenters. The fraction of sp³-hybridized carbons (Fsp3) is 0.500. The Hall–Kier alpha value is -1.68. The second-order valence-electron chi connectivity index (χ2n) is 5.62. The van der Waals surface area contributed by atoms with Crippen molar-refractivity contribution in [3.63, 3.8) is 0 Å². The van der Waals surface area contributed by atoms with E-state index in [2.05, 4.69) is 29.1 Å². The summed E-state index contributed by atoms with van der Waals surface area (Å²) < 4.78 is 5.47. The summed E-state index contributed by atoms with van der Waals surface area (Å²) in [7, 11) is 2.10. The van der Waals surface area contributed by atoms with Gasteiger partial charge in [0.2, 0.25) is 0 Å². The van der Waals surface area contributed by atoms with Crippen LogP contribution < -0.4 is 0 Å². The smallest absolute Gasteiger partial charge is 0.302 e. The number of carbonyl (C=O) groups is 1. The summed E-state index contributed by atoms with van der Waals surface area (Å²) in [4.78, 5) is 17.9. The number of rotatable bonds is 3. The van der Waals surface area contributed by atoms with E-state index in [9.17, 15) is 4.79 Å². The molecule has 1 saturated heterocycles. The lowest BCUT2D eigenvalue weighted by Crippen LogP contribution is -2.34. The molecule has 0 amide bonds. The van der Waals surface area contributed by atoms with Gasteiger partial charge in [-0.05, 0) is 37.1 Å². The minimum atomic E-state index is -0.183. The highest BCUT2D eigenvalue weighted by Gasteiger charge is 2.35. The molecule has 4 nitrogen and oxygen atoms in total. The summed E-state index contributed by atoms with van der Waals surface area (Å²) in [6, 6.07) is 4.40. The first-order chi connectivity index (χ1) is 9.65. The molecule has 1 fully saturated rings. The number of likely N-dealkylation sites (N-methyl/N-ethyl adjacent to an activating group) is 1. The number of carbonyl (C=O) groups excluding carboxylic acids is 1. The molecule has 0 spiro atoms. The number of nitrogens with zero attached hydrogens (tertiary/aromatic N) is 2. The summed E-state index contributed by atoms with van der Waals surface area (Å²) in [5, 5.41) is 0. The van der Waals surface area contributed by atoms with E-state index < -0.39 is 0 Å². The largest absolute Gasteiger partial charge is 0.461 e. The van der Waals surface area contributed by atoms with E-state index in [0.29, 0.717) is 0 Å². The third-order valence-corrected chi connectivity index (χ3v) is 4.29. The maximum Gasteiger partial charge on any atom is 0.302 e. The van der Waals surface area contributed by atoms with E-state index in [-0.39, 0.29) is 18.1 Å². The van der Waals surface area contributed by atoms with Crippen molar-refractivity contribution < 1.29 is 9.53 Å². The van der Waals surface area contributed by atoms with Gasteiger partial charge in [0.15, 0.2) is 0 Å². The van der Waals surface area contributed by atoms with E-state index in [1.807, 2.05) is 12.3 Å². The molecule has 0 aromatic carbocycles. The first-order valence-electron chi connectivity index (χ1n) is 7.16. The maximum absolute atomic E-state index is 11.2. The molecule has 0 N–H and O–H groups in total. The van der Waals surface area contributed by atoms with Crippen LogP contribution in [0.2, 0.25) is 0 Å². The number of allylic oxidation sites excluding steroid dienone is 1. The van der Waals surface area contributed by atoms with Gasteiger partial charge in [-0.3, -0.25) is 14.7 Å². The van der Waals surface area contributed by atoms with Gasteiger partial charge in [0.05, 0.1) is 11.7 Å². The van der Waals surface area contributed by atoms with Gasteiger partial charge in [0, 0.05) is 26.1 Å². The van der Waals surface area contributed by atoms with Crippen LogP contribution in [0.3, 0.4) is 0 Å². The summed E-state index contributed by atoms with van der Waals surface area (Å²) in [5.41, 5.74) is 3.76. The van der Waals surface area contributed by atoms with Crippen molar-refractivity contribution >= 4 is 11.5 Å². The monoisotopic (exact) mass is 272 g/mol. The van der Waals surface area contributed by atoms with Crippen molar-refractivity contribution in [2.45, 2.75) is 38.3 Å². The predicted molar refractivity (Wildman–Crippen MR) is 77.1 cm³/mol. The third kappa shape index (κ3) is 2.48. The zero-order chi connectivity index (χ0) is 14.1. The van der Waals surface area contributed by atoms with Crippen LogP contribution >= 0.6 is 0 Å². The summed E-state index contributed by atoms with van der Waals surface area (Å²) in [6.07, 6.45) is 6.88. The van der Waals surface area contributed by atoms with E-state index in [1.165, 1.54) is 18.1 Å². The molecule has 2 aliphatic rings. The van der Waals surface area contributed by atoms with Crippen LogP contribution in [0.5, 0.6) is 0 Å². The van der Waals surface area contributed by atoms with Gasteiger partial charge < -0.3 is 4.74 Å². The fourth-order valence-corrected chi connectivity index (χ4v) is 3.25. The molecule has 0 radical (unpaired) electrons. The zero-order valence-corrected chi connectivity index (χ0v) is 12.0. The van der Waals surface area contributed by atoms with E-state index >= 15 is 0 Å². The number of esters is 1. The van der Waals surface area contributed by atoms with Crippen molar-refractivity contribution in [2.24, 2.45) is 0 Å². The van der Waals surface area contributed by atoms with Crippen LogP contribution in [0, 0.1) is 0 Å². The molecule has 1 aromatic heterocycles. The van der Waals surface area contributed by atoms with Crippen LogP contribution in [-0.2, 0) is 16.0 Å². The average Bonchev–Trinajstić information content (AvgIpc) is 2.97. The predicted octanol–water partition coefficient (Wildman–Crippen LogP) is 2.05. The quantitative estimate of drug-likeness (QED) is 0.790. The Morgan fingerprint density at radius 2 is 2.40 bits per heavy atom. The highest BCUT2D eigenvalue weighted by molar-refractivity contribution is 5.72. The molecule has 20 heavy (non-hydrogen) atoms. The lowest BCUT2D eigenvalue weighted by Gasteiger charge is -2.25. The topological polar surface area (TPSA) is 42.4 Å². The van der Waals surface area contributed by atoms with Gasteiger partial charge in [-0.1, -0.05) is 12.1 Å². The molecule has 0 bridgehead atoms. The Labute approximate surface area is 119 Å². The van der Waals surface area contributed by atoms with Crippen molar-refractivity contribution in [1.29, 1.82) is 0 Å². The lowest BCUT2D eigenvalue weighted by molar-refractivity contribution is -0.147. The number of hydrogen-bond acceptors (Lipinski definition) is 4. The van der Waals surface area contributed by atoms with Crippen LogP contribution in [0.4, 0.5) is 0 Å². The van der Waals surface area contributed by atoms with Gasteiger partial charge in [0.25, 0.3) is 0 Å². The second kappa shape index (κ2) is 5.37. The molecule has 3 rings (SSSR count).